The van der Waals surface area contributed by atoms with E-state index >= 15 is 0 Å². The van der Waals surface area contributed by atoms with Crippen molar-refractivity contribution >= 4 is 19.8 Å². The Bertz CT molecular complexity index is 1440. The van der Waals surface area contributed by atoms with Gasteiger partial charge in [0, 0.05) is 19.4 Å². The van der Waals surface area contributed by atoms with Crippen LogP contribution in [0.15, 0.2) is 122 Å². The van der Waals surface area contributed by atoms with Crippen LogP contribution in [0.4, 0.5) is 0 Å². The largest absolute Gasteiger partial charge is 0.472 e. The molecular formula is C53H86NO8P. The Kier molecular flexibility index (Phi) is 45.2. The van der Waals surface area contributed by atoms with Gasteiger partial charge in [-0.25, -0.2) is 4.57 Å². The summed E-state index contributed by atoms with van der Waals surface area (Å²) in [5.74, 6) is -0.942. The lowest BCUT2D eigenvalue weighted by molar-refractivity contribution is -0.161. The second-order valence-corrected chi connectivity index (χ2v) is 16.7. The van der Waals surface area contributed by atoms with E-state index in [0.717, 1.165) is 89.9 Å². The third-order valence-corrected chi connectivity index (χ3v) is 10.3. The summed E-state index contributed by atoms with van der Waals surface area (Å²) in [5, 5.41) is 0. The maximum Gasteiger partial charge on any atom is 0.472 e. The average molecular weight is 896 g/mol. The van der Waals surface area contributed by atoms with Gasteiger partial charge in [-0.2, -0.15) is 0 Å². The number of nitrogens with two attached hydrogens (primary N) is 1. The zero-order chi connectivity index (χ0) is 46.0. The summed E-state index contributed by atoms with van der Waals surface area (Å²) in [5.41, 5.74) is 5.35. The summed E-state index contributed by atoms with van der Waals surface area (Å²) < 4.78 is 32.8. The van der Waals surface area contributed by atoms with Crippen LogP contribution in [0.5, 0.6) is 0 Å². The Balaban J connectivity index is 4.21. The Morgan fingerprint density at radius 2 is 0.857 bits per heavy atom. The predicted molar refractivity (Wildman–Crippen MR) is 265 cm³/mol. The Labute approximate surface area is 383 Å². The van der Waals surface area contributed by atoms with Gasteiger partial charge in [0.15, 0.2) is 6.10 Å². The summed E-state index contributed by atoms with van der Waals surface area (Å²) in [6, 6.07) is 0. The van der Waals surface area contributed by atoms with Gasteiger partial charge in [0.2, 0.25) is 0 Å². The zero-order valence-corrected chi connectivity index (χ0v) is 40.1. The molecule has 356 valence electrons. The van der Waals surface area contributed by atoms with Crippen molar-refractivity contribution in [3.8, 4) is 0 Å². The first-order chi connectivity index (χ1) is 30.8. The van der Waals surface area contributed by atoms with E-state index in [-0.39, 0.29) is 32.6 Å². The van der Waals surface area contributed by atoms with Crippen molar-refractivity contribution in [1.82, 2.24) is 0 Å². The molecule has 0 spiro atoms. The lowest BCUT2D eigenvalue weighted by Crippen LogP contribution is -2.29. The fraction of sp³-hybridized carbons (Fsp3) is 0.585. The SMILES string of the molecule is CC/C=C\C/C=C\C/C=C\C/C=C\C/C=C\C/C=C\CCC(=O)OC(COC(=O)CCCCCCCCCCCC/C=C\C/C=C\C/C=C\C/C=C\CC)COP(=O)(O)OCCN. The van der Waals surface area contributed by atoms with Crippen molar-refractivity contribution in [2.75, 3.05) is 26.4 Å². The van der Waals surface area contributed by atoms with Gasteiger partial charge >= 0.3 is 19.8 Å². The van der Waals surface area contributed by atoms with Crippen LogP contribution in [0, 0.1) is 0 Å². The molecule has 2 atom stereocenters. The molecule has 0 saturated carbocycles. The lowest BCUT2D eigenvalue weighted by Gasteiger charge is -2.19. The molecule has 0 fully saturated rings. The van der Waals surface area contributed by atoms with Gasteiger partial charge in [-0.05, 0) is 89.9 Å². The maximum atomic E-state index is 12.6. The first kappa shape index (κ1) is 59.4. The van der Waals surface area contributed by atoms with Gasteiger partial charge in [0.25, 0.3) is 0 Å². The first-order valence-electron chi connectivity index (χ1n) is 24.0. The topological polar surface area (TPSA) is 134 Å². The Morgan fingerprint density at radius 1 is 0.476 bits per heavy atom. The van der Waals surface area contributed by atoms with Crippen LogP contribution in [0.2, 0.25) is 0 Å². The van der Waals surface area contributed by atoms with E-state index in [4.69, 9.17) is 24.3 Å². The van der Waals surface area contributed by atoms with E-state index in [2.05, 4.69) is 123 Å². The predicted octanol–water partition coefficient (Wildman–Crippen LogP) is 14.5. The van der Waals surface area contributed by atoms with Crippen LogP contribution in [0.1, 0.15) is 168 Å². The van der Waals surface area contributed by atoms with E-state index in [1.807, 2.05) is 12.2 Å². The molecule has 0 bridgehead atoms. The molecule has 0 amide bonds. The molecular weight excluding hydrogens is 810 g/mol. The van der Waals surface area contributed by atoms with Gasteiger partial charge in [-0.15, -0.1) is 0 Å². The number of hydrogen-bond donors (Lipinski definition) is 2. The molecule has 0 rings (SSSR count). The minimum absolute atomic E-state index is 0.0345. The molecule has 0 aliphatic carbocycles. The third-order valence-electron chi connectivity index (χ3n) is 9.36. The molecule has 2 unspecified atom stereocenters. The van der Waals surface area contributed by atoms with Crippen LogP contribution in [-0.2, 0) is 32.7 Å². The summed E-state index contributed by atoms with van der Waals surface area (Å²) in [4.78, 5) is 35.0. The first-order valence-corrected chi connectivity index (χ1v) is 25.5. The van der Waals surface area contributed by atoms with Gasteiger partial charge in [-0.1, -0.05) is 187 Å². The molecule has 0 aliphatic rings. The van der Waals surface area contributed by atoms with Crippen molar-refractivity contribution in [1.29, 1.82) is 0 Å². The number of unbranched alkanes of at least 4 members (excludes halogenated alkanes) is 10. The van der Waals surface area contributed by atoms with Crippen LogP contribution in [0.25, 0.3) is 0 Å². The van der Waals surface area contributed by atoms with E-state index in [1.165, 1.54) is 38.5 Å². The number of phosphoric acid groups is 1. The minimum Gasteiger partial charge on any atom is -0.462 e. The number of allylic oxidation sites excluding steroid dienone is 20. The molecule has 0 aliphatic heterocycles. The van der Waals surface area contributed by atoms with Crippen molar-refractivity contribution in [3.05, 3.63) is 122 Å². The molecule has 9 nitrogen and oxygen atoms in total. The second-order valence-electron chi connectivity index (χ2n) is 15.2. The van der Waals surface area contributed by atoms with Crippen LogP contribution < -0.4 is 5.73 Å². The van der Waals surface area contributed by atoms with E-state index in [9.17, 15) is 19.0 Å². The lowest BCUT2D eigenvalue weighted by atomic mass is 10.1. The highest BCUT2D eigenvalue weighted by atomic mass is 31.2. The summed E-state index contributed by atoms with van der Waals surface area (Å²) in [6.45, 7) is 3.40. The molecule has 0 radical (unpaired) electrons. The molecule has 0 aromatic rings. The molecule has 0 aromatic carbocycles. The fourth-order valence-corrected chi connectivity index (χ4v) is 6.65. The normalized spacial score (nSPS) is 14.3. The highest BCUT2D eigenvalue weighted by Crippen LogP contribution is 2.43. The maximum absolute atomic E-state index is 12.6. The van der Waals surface area contributed by atoms with Gasteiger partial charge in [0.1, 0.15) is 6.61 Å². The van der Waals surface area contributed by atoms with Crippen LogP contribution >= 0.6 is 7.82 Å². The quantitative estimate of drug-likeness (QED) is 0.0265. The molecule has 63 heavy (non-hydrogen) atoms. The summed E-state index contributed by atoms with van der Waals surface area (Å²) in [6.07, 6.45) is 65.3. The fourth-order valence-electron chi connectivity index (χ4n) is 5.89. The van der Waals surface area contributed by atoms with Crippen molar-refractivity contribution in [3.63, 3.8) is 0 Å². The van der Waals surface area contributed by atoms with Crippen molar-refractivity contribution in [2.24, 2.45) is 5.73 Å². The Hall–Kier alpha value is -3.59. The zero-order valence-electron chi connectivity index (χ0n) is 39.3. The van der Waals surface area contributed by atoms with Gasteiger partial charge in [-0.3, -0.25) is 18.6 Å². The standard InChI is InChI=1S/C53H86NO8P/c1-3-5-7-9-11-13-15-17-19-21-23-24-25-26-28-29-31-33-35-37-39-41-43-45-52(55)59-49-51(50-61-63(57,58)60-48-47-54)62-53(56)46-44-42-40-38-36-34-32-30-27-22-20-18-16-14-12-10-8-6-4-2/h5-8,11-14,17-20,23-24,27,30,34,36,40,42,51H,3-4,9-10,15-16,21-22,25-26,28-29,31-33,35,37-39,41,43-50,54H2,1-2H3,(H,57,58)/b7-5-,8-6-,13-11-,14-12-,19-17-,20-18-,24-23-,30-27-,36-34-,42-40-. The third kappa shape index (κ3) is 47.7. The smallest absolute Gasteiger partial charge is 0.462 e. The second kappa shape index (κ2) is 47.9. The van der Waals surface area contributed by atoms with Gasteiger partial charge < -0.3 is 20.1 Å². The van der Waals surface area contributed by atoms with E-state index in [0.29, 0.717) is 12.8 Å². The van der Waals surface area contributed by atoms with Gasteiger partial charge in [0.05, 0.1) is 13.2 Å². The number of carbonyl (C=O) groups excluding carboxylic acids is 2. The van der Waals surface area contributed by atoms with Crippen LogP contribution in [-0.4, -0.2) is 49.3 Å². The monoisotopic (exact) mass is 896 g/mol. The molecule has 3 N–H and O–H groups in total. The number of carbonyl (C=O) groups is 2. The molecule has 0 aromatic heterocycles. The number of esters is 2. The number of rotatable bonds is 43. The molecule has 0 saturated heterocycles. The number of ether oxygens (including phenoxy) is 2. The number of hydrogen-bond acceptors (Lipinski definition) is 8. The minimum atomic E-state index is -4.41. The Morgan fingerprint density at radius 3 is 1.29 bits per heavy atom. The van der Waals surface area contributed by atoms with Crippen molar-refractivity contribution < 1.29 is 37.6 Å². The highest BCUT2D eigenvalue weighted by molar-refractivity contribution is 7.47. The number of phosphoric ester groups is 1. The van der Waals surface area contributed by atoms with Crippen molar-refractivity contribution in [2.45, 2.75) is 174 Å². The summed E-state index contributed by atoms with van der Waals surface area (Å²) >= 11 is 0. The van der Waals surface area contributed by atoms with E-state index < -0.39 is 32.5 Å². The molecule has 0 heterocycles. The highest BCUT2D eigenvalue weighted by Gasteiger charge is 2.25. The summed E-state index contributed by atoms with van der Waals surface area (Å²) in [7, 11) is -4.41. The van der Waals surface area contributed by atoms with E-state index in [1.54, 1.807) is 0 Å². The molecule has 10 heteroatoms. The van der Waals surface area contributed by atoms with Crippen LogP contribution in [0.3, 0.4) is 0 Å². The average Bonchev–Trinajstić information content (AvgIpc) is 3.27.